The Kier molecular flexibility index (Phi) is 10.5. The predicted molar refractivity (Wildman–Crippen MR) is 159 cm³/mol. The van der Waals surface area contributed by atoms with Gasteiger partial charge in [0, 0.05) is 33.7 Å². The summed E-state index contributed by atoms with van der Waals surface area (Å²) >= 11 is 3.97. The smallest absolute Gasteiger partial charge is 0.306 e. The first kappa shape index (κ1) is 32.3. The van der Waals surface area contributed by atoms with E-state index in [-0.39, 0.29) is 65.2 Å². The van der Waals surface area contributed by atoms with Gasteiger partial charge in [0.1, 0.15) is 24.9 Å². The molecule has 0 unspecified atom stereocenters. The number of carbonyl (C=O) groups is 1. The molecular formula is C30H49BrO8Si. The van der Waals surface area contributed by atoms with Gasteiger partial charge in [-0.1, -0.05) is 54.9 Å². The van der Waals surface area contributed by atoms with Crippen LogP contribution in [0.2, 0.25) is 18.1 Å². The zero-order valence-electron chi connectivity index (χ0n) is 25.6. The van der Waals surface area contributed by atoms with E-state index in [0.717, 1.165) is 17.3 Å². The summed E-state index contributed by atoms with van der Waals surface area (Å²) in [4.78, 5) is 12.3. The van der Waals surface area contributed by atoms with E-state index in [9.17, 15) is 4.79 Å². The summed E-state index contributed by atoms with van der Waals surface area (Å²) in [6.45, 7) is 13.7. The molecule has 0 spiro atoms. The highest BCUT2D eigenvalue weighted by atomic mass is 79.9. The van der Waals surface area contributed by atoms with Crippen LogP contribution in [0.3, 0.4) is 0 Å². The van der Waals surface area contributed by atoms with Crippen molar-refractivity contribution in [2.45, 2.75) is 108 Å². The first-order valence-electron chi connectivity index (χ1n) is 14.6. The van der Waals surface area contributed by atoms with E-state index in [0.29, 0.717) is 13.0 Å². The molecule has 2 aliphatic heterocycles. The molecule has 228 valence electrons. The molecule has 40 heavy (non-hydrogen) atoms. The van der Waals surface area contributed by atoms with Crippen molar-refractivity contribution in [3.05, 3.63) is 22.7 Å². The summed E-state index contributed by atoms with van der Waals surface area (Å²) in [5.74, 6) is 0.752. The van der Waals surface area contributed by atoms with E-state index in [1.807, 2.05) is 13.0 Å². The summed E-state index contributed by atoms with van der Waals surface area (Å²) in [7, 11) is 2.82. The number of carbonyl (C=O) groups excluding carboxylic acids is 1. The lowest BCUT2D eigenvalue weighted by Gasteiger charge is -2.46. The van der Waals surface area contributed by atoms with Gasteiger partial charge >= 0.3 is 5.97 Å². The number of esters is 1. The standard InChI is InChI=1S/C30H49BrO8Si/c1-17-25(33-5)27(34-6)28(35-7)29(37-17)38-22-16-20-19-12-13-23(32)36-14-10-11-18(19)15-21(31)24(20)26(22)39-40(8,9)30(2,3)4/h10-11,15,17-20,22,24-29H,12-14,16H2,1-9H3/b11-10-/t17-,18+,19+,20-,22-,24+,25-,26-,27+,28+,29-/m0/s1. The minimum Gasteiger partial charge on any atom is -0.461 e. The second-order valence-electron chi connectivity index (χ2n) is 13.2. The van der Waals surface area contributed by atoms with Gasteiger partial charge in [-0.3, -0.25) is 4.79 Å². The number of rotatable bonds is 7. The summed E-state index contributed by atoms with van der Waals surface area (Å²) in [5, 5.41) is 0.0332. The molecule has 0 aromatic rings. The number of hydrogen-bond acceptors (Lipinski definition) is 8. The molecule has 1 saturated heterocycles. The molecule has 2 fully saturated rings. The Morgan fingerprint density at radius 3 is 2.30 bits per heavy atom. The first-order chi connectivity index (χ1) is 18.8. The normalized spacial score (nSPS) is 41.6. The van der Waals surface area contributed by atoms with Crippen LogP contribution >= 0.6 is 15.9 Å². The Labute approximate surface area is 249 Å². The van der Waals surface area contributed by atoms with Gasteiger partial charge in [-0.25, -0.2) is 0 Å². The van der Waals surface area contributed by atoms with E-state index < -0.39 is 20.7 Å². The fourth-order valence-corrected chi connectivity index (χ4v) is 8.98. The molecule has 1 saturated carbocycles. The Morgan fingerprint density at radius 1 is 1.00 bits per heavy atom. The van der Waals surface area contributed by atoms with Crippen molar-refractivity contribution in [3.63, 3.8) is 0 Å². The van der Waals surface area contributed by atoms with Gasteiger partial charge in [0.05, 0.1) is 18.3 Å². The number of hydrogen-bond donors (Lipinski definition) is 0. The second-order valence-corrected chi connectivity index (χ2v) is 18.9. The van der Waals surface area contributed by atoms with Crippen LogP contribution in [0.1, 0.15) is 47.0 Å². The van der Waals surface area contributed by atoms with Crippen LogP contribution in [0.15, 0.2) is 22.7 Å². The van der Waals surface area contributed by atoms with Crippen LogP contribution in [0.4, 0.5) is 0 Å². The molecular weight excluding hydrogens is 596 g/mol. The lowest BCUT2D eigenvalue weighted by atomic mass is 9.69. The number of cyclic esters (lactones) is 1. The lowest BCUT2D eigenvalue weighted by molar-refractivity contribution is -0.318. The highest BCUT2D eigenvalue weighted by Crippen LogP contribution is 2.55. The van der Waals surface area contributed by atoms with Crippen molar-refractivity contribution < 1.29 is 37.6 Å². The van der Waals surface area contributed by atoms with E-state index in [1.54, 1.807) is 21.3 Å². The number of fused-ring (bicyclic) bond motifs is 3. The Bertz CT molecular complexity index is 948. The van der Waals surface area contributed by atoms with Crippen molar-refractivity contribution in [3.8, 4) is 0 Å². The zero-order chi connectivity index (χ0) is 29.4. The molecule has 4 aliphatic rings. The second kappa shape index (κ2) is 13.0. The number of ether oxygens (including phenoxy) is 6. The van der Waals surface area contributed by atoms with Gasteiger partial charge in [0.15, 0.2) is 14.6 Å². The Hall–Kier alpha value is -0.593. The van der Waals surface area contributed by atoms with Crippen molar-refractivity contribution in [2.75, 3.05) is 27.9 Å². The van der Waals surface area contributed by atoms with Crippen LogP contribution < -0.4 is 0 Å². The van der Waals surface area contributed by atoms with Crippen molar-refractivity contribution >= 4 is 30.2 Å². The summed E-state index contributed by atoms with van der Waals surface area (Å²) in [5.41, 5.74) is 0. The molecule has 0 aromatic heterocycles. The van der Waals surface area contributed by atoms with Crippen LogP contribution in [0.25, 0.3) is 0 Å². The van der Waals surface area contributed by atoms with Crippen molar-refractivity contribution in [1.82, 2.24) is 0 Å². The molecule has 0 N–H and O–H groups in total. The molecule has 4 rings (SSSR count). The Balaban J connectivity index is 1.69. The molecule has 0 bridgehead atoms. The first-order valence-corrected chi connectivity index (χ1v) is 18.3. The predicted octanol–water partition coefficient (Wildman–Crippen LogP) is 5.61. The maximum Gasteiger partial charge on any atom is 0.306 e. The van der Waals surface area contributed by atoms with Gasteiger partial charge < -0.3 is 32.8 Å². The third-order valence-corrected chi connectivity index (χ3v) is 15.1. The summed E-state index contributed by atoms with van der Waals surface area (Å²) in [6, 6.07) is 0. The molecule has 2 aliphatic carbocycles. The molecule has 11 atom stereocenters. The van der Waals surface area contributed by atoms with E-state index in [1.165, 1.54) is 0 Å². The van der Waals surface area contributed by atoms with Crippen LogP contribution in [0, 0.1) is 23.7 Å². The van der Waals surface area contributed by atoms with Gasteiger partial charge in [0.2, 0.25) is 0 Å². The maximum absolute atomic E-state index is 12.3. The van der Waals surface area contributed by atoms with E-state index in [2.05, 4.69) is 61.9 Å². The van der Waals surface area contributed by atoms with Crippen LogP contribution in [-0.4, -0.2) is 85.1 Å². The Morgan fingerprint density at radius 2 is 1.68 bits per heavy atom. The van der Waals surface area contributed by atoms with Crippen molar-refractivity contribution in [1.29, 1.82) is 0 Å². The summed E-state index contributed by atoms with van der Waals surface area (Å²) < 4.78 is 44.5. The third kappa shape index (κ3) is 6.49. The third-order valence-electron chi connectivity index (χ3n) is 9.87. The van der Waals surface area contributed by atoms with E-state index >= 15 is 0 Å². The fraction of sp³-hybridized carbons (Fsp3) is 0.833. The van der Waals surface area contributed by atoms with Crippen LogP contribution in [-0.2, 0) is 37.6 Å². The minimum atomic E-state index is -2.17. The topological polar surface area (TPSA) is 81.7 Å². The van der Waals surface area contributed by atoms with Crippen LogP contribution in [0.5, 0.6) is 0 Å². The molecule has 2 heterocycles. The van der Waals surface area contributed by atoms with E-state index in [4.69, 9.17) is 32.8 Å². The monoisotopic (exact) mass is 644 g/mol. The average molecular weight is 646 g/mol. The fourth-order valence-electron chi connectivity index (χ4n) is 6.74. The highest BCUT2D eigenvalue weighted by molar-refractivity contribution is 9.11. The number of halogens is 1. The quantitative estimate of drug-likeness (QED) is 0.201. The molecule has 8 nitrogen and oxygen atoms in total. The number of allylic oxidation sites excluding steroid dienone is 2. The largest absolute Gasteiger partial charge is 0.461 e. The van der Waals surface area contributed by atoms with Gasteiger partial charge in [-0.2, -0.15) is 0 Å². The molecule has 0 radical (unpaired) electrons. The van der Waals surface area contributed by atoms with Gasteiger partial charge in [0.25, 0.3) is 0 Å². The van der Waals surface area contributed by atoms with Crippen molar-refractivity contribution in [2.24, 2.45) is 23.7 Å². The average Bonchev–Trinajstić information content (AvgIpc) is 3.25. The SMILES string of the molecule is CO[C@@H]1[C@@H](OC)[C@H](C)O[C@@H](O[C@H]2C[C@H]3[C@@H]4CCC(=O)OC/C=C\[C@@H]4C=C(Br)[C@@H]3[C@H]2O[Si](C)(C)C(C)(C)C)[C@@H]1OC. The van der Waals surface area contributed by atoms with Gasteiger partial charge in [-0.05, 0) is 60.1 Å². The molecule has 0 aromatic carbocycles. The lowest BCUT2D eigenvalue weighted by Crippen LogP contribution is -2.60. The molecule has 10 heteroatoms. The highest BCUT2D eigenvalue weighted by Gasteiger charge is 2.56. The number of methoxy groups -OCH3 is 3. The maximum atomic E-state index is 12.3. The van der Waals surface area contributed by atoms with Gasteiger partial charge in [-0.15, -0.1) is 0 Å². The minimum absolute atomic E-state index is 0.0332. The zero-order valence-corrected chi connectivity index (χ0v) is 28.1. The molecule has 0 amide bonds. The summed E-state index contributed by atoms with van der Waals surface area (Å²) in [6.07, 6.45) is 6.12.